The highest BCUT2D eigenvalue weighted by Crippen LogP contribution is 2.40. The molecule has 3 aromatic carbocycles. The summed E-state index contributed by atoms with van der Waals surface area (Å²) in [5, 5.41) is 39.3. The number of phenolic OH excluding ortho intramolecular Hbond substituents is 2. The molecule has 1 heterocycles. The number of nitrogens with zero attached hydrogens (tertiary/aromatic N) is 3. The maximum atomic E-state index is 13.9. The minimum absolute atomic E-state index is 0.0392. The average Bonchev–Trinajstić information content (AvgIpc) is 3.15. The first-order valence-corrected chi connectivity index (χ1v) is 18.8. The lowest BCUT2D eigenvalue weighted by atomic mass is 9.68. The number of aromatic hydroxyl groups is 2. The fourth-order valence-corrected chi connectivity index (χ4v) is 7.01. The highest BCUT2D eigenvalue weighted by molar-refractivity contribution is 5.94. The van der Waals surface area contributed by atoms with Crippen molar-refractivity contribution in [1.29, 1.82) is 0 Å². The minimum Gasteiger partial charge on any atom is -0.508 e. The van der Waals surface area contributed by atoms with Crippen LogP contribution >= 0.6 is 0 Å². The van der Waals surface area contributed by atoms with E-state index in [0.29, 0.717) is 37.4 Å². The van der Waals surface area contributed by atoms with Gasteiger partial charge in [-0.2, -0.15) is 0 Å². The van der Waals surface area contributed by atoms with Crippen molar-refractivity contribution in [3.63, 3.8) is 0 Å². The van der Waals surface area contributed by atoms with Gasteiger partial charge in [0.2, 0.25) is 5.91 Å². The van der Waals surface area contributed by atoms with E-state index in [1.54, 1.807) is 18.2 Å². The zero-order chi connectivity index (χ0) is 38.9. The monoisotopic (exact) mass is 744 g/mol. The number of hydrogen-bond acceptors (Lipinski definition) is 9. The van der Waals surface area contributed by atoms with Gasteiger partial charge in [0.25, 0.3) is 11.9 Å². The van der Waals surface area contributed by atoms with Gasteiger partial charge in [0, 0.05) is 31.7 Å². The van der Waals surface area contributed by atoms with Crippen LogP contribution in [0, 0.1) is 16.0 Å². The second-order valence-electron chi connectivity index (χ2n) is 14.3. The van der Waals surface area contributed by atoms with Crippen LogP contribution in [0.5, 0.6) is 11.5 Å². The quantitative estimate of drug-likeness (QED) is 0.0286. The van der Waals surface area contributed by atoms with Crippen molar-refractivity contribution in [2.45, 2.75) is 76.3 Å². The topological polar surface area (TPSA) is 207 Å². The molecular weight excluding hydrogens is 688 g/mol. The number of nitro groups is 1. The molecule has 0 saturated carbocycles. The molecule has 0 radical (unpaired) electrons. The smallest absolute Gasteiger partial charge is 0.251 e. The third-order valence-electron chi connectivity index (χ3n) is 10.4. The van der Waals surface area contributed by atoms with E-state index in [2.05, 4.69) is 45.8 Å². The van der Waals surface area contributed by atoms with E-state index < -0.39 is 11.1 Å². The maximum absolute atomic E-state index is 13.9. The number of hydrazine groups is 1. The van der Waals surface area contributed by atoms with E-state index in [0.717, 1.165) is 62.9 Å². The van der Waals surface area contributed by atoms with E-state index in [1.165, 1.54) is 12.1 Å². The number of aliphatic imine (C=N–C) groups is 1. The Balaban J connectivity index is 1.33. The van der Waals surface area contributed by atoms with Crippen molar-refractivity contribution in [3.05, 3.63) is 106 Å². The number of nitrogens with two attached hydrogens (primary N) is 1. The van der Waals surface area contributed by atoms with Gasteiger partial charge < -0.3 is 36.8 Å². The molecule has 2 amide bonds. The number of hydrogen-bond donors (Lipinski definition) is 7. The zero-order valence-corrected chi connectivity index (χ0v) is 31.4. The summed E-state index contributed by atoms with van der Waals surface area (Å²) in [6.07, 6.45) is 4.95. The molecule has 0 spiro atoms. The first-order valence-electron chi connectivity index (χ1n) is 18.8. The van der Waals surface area contributed by atoms with Crippen LogP contribution in [0.3, 0.4) is 0 Å². The van der Waals surface area contributed by atoms with Gasteiger partial charge >= 0.3 is 0 Å². The van der Waals surface area contributed by atoms with Crippen molar-refractivity contribution in [2.75, 3.05) is 39.3 Å². The summed E-state index contributed by atoms with van der Waals surface area (Å²) in [6.45, 7) is 8.43. The van der Waals surface area contributed by atoms with Crippen LogP contribution in [-0.4, -0.2) is 83.2 Å². The highest BCUT2D eigenvalue weighted by atomic mass is 16.7. The summed E-state index contributed by atoms with van der Waals surface area (Å²) in [5.74, 6) is 0.0196. The third kappa shape index (κ3) is 13.0. The van der Waals surface area contributed by atoms with Crippen molar-refractivity contribution in [1.82, 2.24) is 26.3 Å². The van der Waals surface area contributed by atoms with Gasteiger partial charge in [0.1, 0.15) is 11.5 Å². The van der Waals surface area contributed by atoms with Crippen LogP contribution < -0.4 is 27.1 Å². The lowest BCUT2D eigenvalue weighted by Crippen LogP contribution is -2.49. The van der Waals surface area contributed by atoms with Crippen molar-refractivity contribution < 1.29 is 24.8 Å². The Hall–Kier alpha value is -5.21. The Bertz CT molecular complexity index is 1690. The molecule has 0 bridgehead atoms. The summed E-state index contributed by atoms with van der Waals surface area (Å²) in [7, 11) is 0. The van der Waals surface area contributed by atoms with Gasteiger partial charge in [-0.1, -0.05) is 74.2 Å². The normalized spacial score (nSPS) is 18.7. The molecule has 2 unspecified atom stereocenters. The van der Waals surface area contributed by atoms with Gasteiger partial charge in [-0.3, -0.25) is 9.59 Å². The lowest BCUT2D eigenvalue weighted by molar-refractivity contribution is -0.525. The molecule has 14 nitrogen and oxygen atoms in total. The maximum Gasteiger partial charge on any atom is 0.251 e. The number of piperidine rings is 1. The number of carbonyl (C=O) groups excluding carboxylic acids is 2. The fraction of sp³-hybridized carbons (Fsp3) is 0.475. The molecule has 8 N–H and O–H groups in total. The van der Waals surface area contributed by atoms with Crippen LogP contribution in [0.25, 0.3) is 0 Å². The molecule has 1 fully saturated rings. The molecule has 1 aliphatic rings. The first kappa shape index (κ1) is 41.5. The second kappa shape index (κ2) is 20.9. The minimum atomic E-state index is -0.767. The van der Waals surface area contributed by atoms with E-state index in [1.807, 2.05) is 47.9 Å². The number of unbranched alkanes of at least 4 members (excludes halogenated alkanes) is 2. The van der Waals surface area contributed by atoms with Crippen LogP contribution in [-0.2, 0) is 10.2 Å². The first-order chi connectivity index (χ1) is 25.9. The van der Waals surface area contributed by atoms with Crippen LogP contribution in [0.4, 0.5) is 0 Å². The molecule has 54 heavy (non-hydrogen) atoms. The number of nitrogens with one attached hydrogen (secondary N) is 4. The summed E-state index contributed by atoms with van der Waals surface area (Å²) in [6, 6.07) is 23.0. The molecule has 3 aromatic rings. The summed E-state index contributed by atoms with van der Waals surface area (Å²) in [5.41, 5.74) is 9.95. The number of carbonyl (C=O) groups is 2. The van der Waals surface area contributed by atoms with Crippen molar-refractivity contribution in [3.8, 4) is 11.5 Å². The van der Waals surface area contributed by atoms with Crippen molar-refractivity contribution in [2.24, 2.45) is 16.6 Å². The summed E-state index contributed by atoms with van der Waals surface area (Å²) >= 11 is 0. The molecule has 1 aliphatic heterocycles. The number of rotatable bonds is 20. The predicted octanol–water partition coefficient (Wildman–Crippen LogP) is 4.38. The fourth-order valence-electron chi connectivity index (χ4n) is 7.01. The lowest BCUT2D eigenvalue weighted by Gasteiger charge is -2.45. The van der Waals surface area contributed by atoms with E-state index in [-0.39, 0.29) is 47.3 Å². The molecule has 292 valence electrons. The molecular formula is C40H56N8O6. The Kier molecular flexibility index (Phi) is 16.1. The van der Waals surface area contributed by atoms with Gasteiger partial charge in [-0.05, 0) is 104 Å². The van der Waals surface area contributed by atoms with Crippen molar-refractivity contribution >= 4 is 17.8 Å². The SMILES string of the molecule is C[C@H]1CN(CCC(NC(=O)C(CCCN=C(N)N[N+](=O)[O-])NCCCCCNC(=O)c2cccc(O)c2)c2ccccc2)CC[C@]1(C)c1cccc(O)c1. The van der Waals surface area contributed by atoms with Crippen LogP contribution in [0.2, 0.25) is 0 Å². The van der Waals surface area contributed by atoms with Gasteiger partial charge in [-0.25, -0.2) is 15.1 Å². The van der Waals surface area contributed by atoms with E-state index >= 15 is 0 Å². The van der Waals surface area contributed by atoms with E-state index in [4.69, 9.17) is 5.73 Å². The average molecular weight is 745 g/mol. The Morgan fingerprint density at radius 1 is 0.981 bits per heavy atom. The number of amides is 2. The Morgan fingerprint density at radius 3 is 2.41 bits per heavy atom. The molecule has 4 atom stereocenters. The molecule has 1 saturated heterocycles. The number of likely N-dealkylation sites (tertiary alicyclic amines) is 1. The molecule has 4 rings (SSSR count). The second-order valence-corrected chi connectivity index (χ2v) is 14.3. The number of phenols is 2. The molecule has 0 aliphatic carbocycles. The Morgan fingerprint density at radius 2 is 1.70 bits per heavy atom. The van der Waals surface area contributed by atoms with E-state index in [9.17, 15) is 29.9 Å². The van der Waals surface area contributed by atoms with Gasteiger partial charge in [-0.15, -0.1) is 0 Å². The number of guanidine groups is 1. The molecule has 0 aromatic heterocycles. The molecule has 14 heteroatoms. The van der Waals surface area contributed by atoms with Gasteiger partial charge in [0.15, 0.2) is 5.03 Å². The zero-order valence-electron chi connectivity index (χ0n) is 31.4. The number of benzene rings is 3. The van der Waals surface area contributed by atoms with Crippen LogP contribution in [0.1, 0.15) is 86.3 Å². The Labute approximate surface area is 317 Å². The largest absolute Gasteiger partial charge is 0.508 e. The summed E-state index contributed by atoms with van der Waals surface area (Å²) in [4.78, 5) is 43.4. The van der Waals surface area contributed by atoms with Gasteiger partial charge in [0.05, 0.1) is 12.1 Å². The third-order valence-corrected chi connectivity index (χ3v) is 10.4. The summed E-state index contributed by atoms with van der Waals surface area (Å²) < 4.78 is 0. The highest BCUT2D eigenvalue weighted by Gasteiger charge is 2.38. The standard InChI is InChI=1S/C40H56N8O6/c1-29-28-47(25-20-40(29,2)32-15-10-17-34(50)27-32)24-19-35(30-12-5-3-6-13-30)45-38(52)36(18-11-23-44-39(41)46-48(53)54)42-21-7-4-8-22-43-37(51)31-14-9-16-33(49)26-31/h3,5-6,9-10,12-17,26-27,29,35-36,42,49-50H,4,7-8,11,18-25,28H2,1-2H3,(H,43,51)(H,45,52)(H3,41,44,46)/t29-,35?,36?,40-/m0/s1. The van der Waals surface area contributed by atoms with Crippen LogP contribution in [0.15, 0.2) is 83.9 Å². The predicted molar refractivity (Wildman–Crippen MR) is 210 cm³/mol.